The average Bonchev–Trinajstić information content (AvgIpc) is 2.07. The lowest BCUT2D eigenvalue weighted by molar-refractivity contribution is 0.101. The molecule has 0 amide bonds. The number of benzene rings is 1. The Balaban J connectivity index is 3.02. The number of carbonyl (C=O) groups excluding carboxylic acids is 1. The molecule has 1 aromatic rings. The van der Waals surface area contributed by atoms with Crippen LogP contribution in [0, 0.1) is 0 Å². The maximum atomic E-state index is 11.1. The first-order valence-corrected chi connectivity index (χ1v) is 4.48. The Hall–Kier alpha value is -1.35. The van der Waals surface area contributed by atoms with Crippen molar-refractivity contribution < 1.29 is 9.90 Å². The van der Waals surface area contributed by atoms with Crippen molar-refractivity contribution in [1.29, 1.82) is 0 Å². The summed E-state index contributed by atoms with van der Waals surface area (Å²) in [6, 6.07) is 4.93. The Morgan fingerprint density at radius 2 is 2.07 bits per heavy atom. The molecule has 3 heteroatoms. The Morgan fingerprint density at radius 1 is 1.43 bits per heavy atom. The molecule has 0 spiro atoms. The first-order valence-electron chi connectivity index (χ1n) is 4.48. The van der Waals surface area contributed by atoms with Crippen LogP contribution in [0.2, 0.25) is 0 Å². The third-order valence-electron chi connectivity index (χ3n) is 1.97. The topological polar surface area (TPSA) is 40.5 Å². The van der Waals surface area contributed by atoms with Gasteiger partial charge in [-0.2, -0.15) is 0 Å². The number of aromatic hydroxyl groups is 1. The van der Waals surface area contributed by atoms with Gasteiger partial charge < -0.3 is 10.0 Å². The molecule has 0 saturated heterocycles. The van der Waals surface area contributed by atoms with E-state index in [1.807, 2.05) is 19.0 Å². The quantitative estimate of drug-likeness (QED) is 0.742. The molecule has 1 aromatic carbocycles. The number of phenolic OH excluding ortho intramolecular Hbond substituents is 1. The fourth-order valence-electron chi connectivity index (χ4n) is 1.27. The van der Waals surface area contributed by atoms with Crippen LogP contribution in [0.3, 0.4) is 0 Å². The molecule has 0 aliphatic heterocycles. The number of ketones is 1. The van der Waals surface area contributed by atoms with E-state index in [4.69, 9.17) is 0 Å². The molecule has 3 nitrogen and oxygen atoms in total. The molecule has 0 aliphatic rings. The van der Waals surface area contributed by atoms with Gasteiger partial charge in [0.2, 0.25) is 0 Å². The predicted octanol–water partition coefficient (Wildman–Crippen LogP) is 1.66. The summed E-state index contributed by atoms with van der Waals surface area (Å²) in [5.41, 5.74) is 1.42. The summed E-state index contributed by atoms with van der Waals surface area (Å²) < 4.78 is 0. The molecule has 0 unspecified atom stereocenters. The third-order valence-corrected chi connectivity index (χ3v) is 1.97. The third kappa shape index (κ3) is 2.57. The standard InChI is InChI=1S/C11H15NO2/c1-8(13)9-4-5-11(14)10(6-9)7-12(2)3/h4-6,14H,7H2,1-3H3. The van der Waals surface area contributed by atoms with Crippen LogP contribution in [0.15, 0.2) is 18.2 Å². The first-order chi connectivity index (χ1) is 6.50. The van der Waals surface area contributed by atoms with Gasteiger partial charge in [0.05, 0.1) is 0 Å². The monoisotopic (exact) mass is 193 g/mol. The van der Waals surface area contributed by atoms with Gasteiger partial charge in [-0.05, 0) is 39.2 Å². The Morgan fingerprint density at radius 3 is 2.57 bits per heavy atom. The van der Waals surface area contributed by atoms with E-state index in [2.05, 4.69) is 0 Å². The highest BCUT2D eigenvalue weighted by Gasteiger charge is 2.06. The number of phenols is 1. The van der Waals surface area contributed by atoms with Crippen molar-refractivity contribution in [2.45, 2.75) is 13.5 Å². The second-order valence-electron chi connectivity index (χ2n) is 3.64. The highest BCUT2D eigenvalue weighted by molar-refractivity contribution is 5.94. The van der Waals surface area contributed by atoms with Gasteiger partial charge in [0, 0.05) is 17.7 Å². The van der Waals surface area contributed by atoms with Crippen LogP contribution in [0.1, 0.15) is 22.8 Å². The number of nitrogens with zero attached hydrogens (tertiary/aromatic N) is 1. The molecule has 0 aliphatic carbocycles. The van der Waals surface area contributed by atoms with Crippen molar-refractivity contribution in [2.75, 3.05) is 14.1 Å². The summed E-state index contributed by atoms with van der Waals surface area (Å²) >= 11 is 0. The van der Waals surface area contributed by atoms with E-state index in [1.54, 1.807) is 18.2 Å². The second kappa shape index (κ2) is 4.24. The summed E-state index contributed by atoms with van der Waals surface area (Å²) in [6.07, 6.45) is 0. The van der Waals surface area contributed by atoms with Gasteiger partial charge >= 0.3 is 0 Å². The summed E-state index contributed by atoms with van der Waals surface area (Å²) in [5.74, 6) is 0.258. The van der Waals surface area contributed by atoms with E-state index < -0.39 is 0 Å². The minimum absolute atomic E-state index is 0.0185. The lowest BCUT2D eigenvalue weighted by Gasteiger charge is -2.11. The fourth-order valence-corrected chi connectivity index (χ4v) is 1.27. The van der Waals surface area contributed by atoms with Gasteiger partial charge in [0.15, 0.2) is 5.78 Å². The van der Waals surface area contributed by atoms with Crippen molar-refractivity contribution in [1.82, 2.24) is 4.90 Å². The van der Waals surface area contributed by atoms with Crippen LogP contribution >= 0.6 is 0 Å². The number of hydrogen-bond acceptors (Lipinski definition) is 3. The van der Waals surface area contributed by atoms with E-state index in [0.717, 1.165) is 5.56 Å². The maximum Gasteiger partial charge on any atom is 0.159 e. The van der Waals surface area contributed by atoms with E-state index >= 15 is 0 Å². The smallest absolute Gasteiger partial charge is 0.159 e. The molecule has 0 fully saturated rings. The zero-order valence-electron chi connectivity index (χ0n) is 8.74. The van der Waals surface area contributed by atoms with Crippen LogP contribution in [0.5, 0.6) is 5.75 Å². The van der Waals surface area contributed by atoms with Gasteiger partial charge in [-0.25, -0.2) is 0 Å². The molecule has 0 aromatic heterocycles. The van der Waals surface area contributed by atoms with Crippen molar-refractivity contribution in [3.05, 3.63) is 29.3 Å². The van der Waals surface area contributed by atoms with E-state index in [-0.39, 0.29) is 11.5 Å². The lowest BCUT2D eigenvalue weighted by atomic mass is 10.1. The van der Waals surface area contributed by atoms with Crippen molar-refractivity contribution in [2.24, 2.45) is 0 Å². The second-order valence-corrected chi connectivity index (χ2v) is 3.64. The van der Waals surface area contributed by atoms with Crippen LogP contribution in [-0.4, -0.2) is 29.9 Å². The fraction of sp³-hybridized carbons (Fsp3) is 0.364. The van der Waals surface area contributed by atoms with Crippen LogP contribution in [-0.2, 0) is 6.54 Å². The Labute approximate surface area is 84.0 Å². The molecule has 1 N–H and O–H groups in total. The van der Waals surface area contributed by atoms with E-state index in [0.29, 0.717) is 12.1 Å². The van der Waals surface area contributed by atoms with Gasteiger partial charge in [-0.15, -0.1) is 0 Å². The SMILES string of the molecule is CC(=O)c1ccc(O)c(CN(C)C)c1. The predicted molar refractivity (Wildman–Crippen MR) is 55.5 cm³/mol. The molecule has 0 atom stereocenters. The maximum absolute atomic E-state index is 11.1. The Kier molecular flexibility index (Phi) is 3.25. The minimum atomic E-state index is 0.0185. The van der Waals surface area contributed by atoms with Gasteiger partial charge in [-0.3, -0.25) is 4.79 Å². The van der Waals surface area contributed by atoms with E-state index in [1.165, 1.54) is 6.92 Å². The zero-order valence-corrected chi connectivity index (χ0v) is 8.74. The van der Waals surface area contributed by atoms with Gasteiger partial charge in [0.1, 0.15) is 5.75 Å². The highest BCUT2D eigenvalue weighted by Crippen LogP contribution is 2.19. The molecule has 0 bridgehead atoms. The molecule has 0 heterocycles. The number of carbonyl (C=O) groups is 1. The van der Waals surface area contributed by atoms with E-state index in [9.17, 15) is 9.90 Å². The molecule has 0 saturated carbocycles. The zero-order chi connectivity index (χ0) is 10.7. The van der Waals surface area contributed by atoms with Gasteiger partial charge in [-0.1, -0.05) is 0 Å². The molecule has 0 radical (unpaired) electrons. The summed E-state index contributed by atoms with van der Waals surface area (Å²) in [7, 11) is 3.83. The largest absolute Gasteiger partial charge is 0.508 e. The summed E-state index contributed by atoms with van der Waals surface area (Å²) in [6.45, 7) is 2.15. The minimum Gasteiger partial charge on any atom is -0.508 e. The van der Waals surface area contributed by atoms with Crippen LogP contribution < -0.4 is 0 Å². The van der Waals surface area contributed by atoms with Crippen LogP contribution in [0.4, 0.5) is 0 Å². The number of rotatable bonds is 3. The summed E-state index contributed by atoms with van der Waals surface area (Å²) in [4.78, 5) is 13.0. The molecular weight excluding hydrogens is 178 g/mol. The number of hydrogen-bond donors (Lipinski definition) is 1. The lowest BCUT2D eigenvalue weighted by Crippen LogP contribution is -2.11. The van der Waals surface area contributed by atoms with Crippen molar-refractivity contribution in [3.8, 4) is 5.75 Å². The van der Waals surface area contributed by atoms with Gasteiger partial charge in [0.25, 0.3) is 0 Å². The summed E-state index contributed by atoms with van der Waals surface area (Å²) in [5, 5.41) is 9.53. The molecular formula is C11H15NO2. The normalized spacial score (nSPS) is 10.6. The molecule has 1 rings (SSSR count). The average molecular weight is 193 g/mol. The first kappa shape index (κ1) is 10.7. The highest BCUT2D eigenvalue weighted by atomic mass is 16.3. The van der Waals surface area contributed by atoms with Crippen LogP contribution in [0.25, 0.3) is 0 Å². The van der Waals surface area contributed by atoms with Crippen molar-refractivity contribution in [3.63, 3.8) is 0 Å². The van der Waals surface area contributed by atoms with Crippen molar-refractivity contribution >= 4 is 5.78 Å². The molecule has 76 valence electrons. The molecule has 14 heavy (non-hydrogen) atoms. The Bertz CT molecular complexity index is 345. The number of Topliss-reactive ketones (excluding diaryl/α,β-unsaturated/α-hetero) is 1.